The van der Waals surface area contributed by atoms with Crippen LogP contribution in [0.4, 0.5) is 0 Å². The molecule has 0 N–H and O–H groups in total. The molecule has 1 heterocycles. The summed E-state index contributed by atoms with van der Waals surface area (Å²) in [6, 6.07) is 0. The van der Waals surface area contributed by atoms with Crippen LogP contribution >= 0.6 is 0 Å². The van der Waals surface area contributed by atoms with Gasteiger partial charge in [0.25, 0.3) is 0 Å². The largest absolute Gasteiger partial charge is 0.462 e. The Morgan fingerprint density at radius 3 is 1.59 bits per heavy atom. The molecule has 0 aromatic rings. The van der Waals surface area contributed by atoms with Crippen LogP contribution < -0.4 is 0 Å². The van der Waals surface area contributed by atoms with Crippen LogP contribution in [0.15, 0.2) is 0 Å². The summed E-state index contributed by atoms with van der Waals surface area (Å²) in [6.07, 6.45) is 6.73. The van der Waals surface area contributed by atoms with E-state index in [0.717, 1.165) is 31.2 Å². The third-order valence-electron chi connectivity index (χ3n) is 8.00. The molecular weight excluding hydrogens is 549 g/mol. The Labute approximate surface area is 234 Å². The van der Waals surface area contributed by atoms with Crippen molar-refractivity contribution in [3.8, 4) is 0 Å². The molecule has 220 valence electrons. The Bertz CT molecular complexity index is 720. The van der Waals surface area contributed by atoms with Crippen LogP contribution in [0.1, 0.15) is 73.1 Å². The summed E-state index contributed by atoms with van der Waals surface area (Å²) in [5.74, 6) is -0.0125. The summed E-state index contributed by atoms with van der Waals surface area (Å²) in [7, 11) is -9.81. The number of hydrogen-bond acceptors (Lipinski definition) is 6. The summed E-state index contributed by atoms with van der Waals surface area (Å²) in [5.41, 5.74) is 1.03. The minimum absolute atomic E-state index is 0.0125. The van der Waals surface area contributed by atoms with Crippen LogP contribution in [-0.2, 0) is 26.0 Å². The third-order valence-corrected chi connectivity index (χ3v) is 28.3. The summed E-state index contributed by atoms with van der Waals surface area (Å²) < 4.78 is 31.3. The predicted octanol–water partition coefficient (Wildman–Crippen LogP) is 8.66. The molecular formula is C26H60O6Si5. The zero-order valence-electron chi connectivity index (χ0n) is 26.9. The van der Waals surface area contributed by atoms with Gasteiger partial charge in [-0.3, -0.25) is 4.79 Å². The van der Waals surface area contributed by atoms with Gasteiger partial charge < -0.3 is 21.2 Å². The zero-order valence-corrected chi connectivity index (χ0v) is 31.9. The van der Waals surface area contributed by atoms with Crippen LogP contribution in [0.5, 0.6) is 0 Å². The Kier molecular flexibility index (Phi) is 12.4. The van der Waals surface area contributed by atoms with Crippen LogP contribution in [0.25, 0.3) is 0 Å². The van der Waals surface area contributed by atoms with Crippen molar-refractivity contribution in [1.82, 2.24) is 0 Å². The van der Waals surface area contributed by atoms with Crippen molar-refractivity contribution >= 4 is 48.3 Å². The maximum Gasteiger partial charge on any atom is 0.320 e. The van der Waals surface area contributed by atoms with E-state index in [1.54, 1.807) is 0 Å². The molecule has 0 amide bonds. The summed E-state index contributed by atoms with van der Waals surface area (Å²) >= 11 is 0. The lowest BCUT2D eigenvalue weighted by Crippen LogP contribution is -2.66. The van der Waals surface area contributed by atoms with Gasteiger partial charge in [-0.2, -0.15) is 0 Å². The van der Waals surface area contributed by atoms with Crippen molar-refractivity contribution in [2.24, 2.45) is 5.41 Å². The van der Waals surface area contributed by atoms with Gasteiger partial charge in [-0.1, -0.05) is 46.8 Å². The Morgan fingerprint density at radius 2 is 1.24 bits per heavy atom. The number of carbonyl (C=O) groups is 1. The van der Waals surface area contributed by atoms with Crippen molar-refractivity contribution in [2.45, 2.75) is 156 Å². The molecule has 0 spiro atoms. The minimum Gasteiger partial charge on any atom is -0.462 e. The SMILES string of the molecule is CCC(C)(C)C(=O)OC1CCC([Si](C)(C)C)CC1.CCC(C)[Si]1(C)O[Si](C)(C)O[Si](C)(C)O[Si](C)(C)O1. The van der Waals surface area contributed by atoms with Gasteiger partial charge in [-0.25, -0.2) is 0 Å². The van der Waals surface area contributed by atoms with Crippen molar-refractivity contribution in [3.63, 3.8) is 0 Å². The molecule has 2 aliphatic rings. The molecule has 0 radical (unpaired) electrons. The lowest BCUT2D eigenvalue weighted by molar-refractivity contribution is -0.161. The summed E-state index contributed by atoms with van der Waals surface area (Å²) in [4.78, 5) is 12.0. The Balaban J connectivity index is 0.000000371. The van der Waals surface area contributed by atoms with Gasteiger partial charge in [0.1, 0.15) is 6.10 Å². The highest BCUT2D eigenvalue weighted by Gasteiger charge is 2.54. The maximum atomic E-state index is 12.0. The first-order chi connectivity index (χ1) is 16.5. The van der Waals surface area contributed by atoms with Gasteiger partial charge in [0.15, 0.2) is 0 Å². The van der Waals surface area contributed by atoms with Crippen molar-refractivity contribution in [1.29, 1.82) is 0 Å². The molecule has 2 fully saturated rings. The smallest absolute Gasteiger partial charge is 0.320 e. The Hall–Kier alpha value is 0.394. The van der Waals surface area contributed by atoms with Crippen LogP contribution in [0.2, 0.25) is 76.6 Å². The monoisotopic (exact) mass is 608 g/mol. The van der Waals surface area contributed by atoms with E-state index in [4.69, 9.17) is 21.2 Å². The number of rotatable bonds is 6. The number of hydrogen-bond donors (Lipinski definition) is 0. The lowest BCUT2D eigenvalue weighted by atomic mass is 9.90. The van der Waals surface area contributed by atoms with E-state index < -0.39 is 42.3 Å². The van der Waals surface area contributed by atoms with Crippen molar-refractivity contribution < 1.29 is 26.0 Å². The van der Waals surface area contributed by atoms with E-state index in [1.807, 2.05) is 20.8 Å². The van der Waals surface area contributed by atoms with E-state index in [-0.39, 0.29) is 17.5 Å². The highest BCUT2D eigenvalue weighted by Crippen LogP contribution is 2.39. The highest BCUT2D eigenvalue weighted by atomic mass is 28.5. The quantitative estimate of drug-likeness (QED) is 0.222. The minimum atomic E-state index is -2.26. The van der Waals surface area contributed by atoms with Crippen molar-refractivity contribution in [2.75, 3.05) is 0 Å². The number of esters is 1. The standard InChI is InChI=1S/C15H30O2Si.C11H30O4Si4/c1-7-15(2,3)14(16)17-12-8-10-13(11-9-12)18(4,5)6;1-10-11(2)19(9)14-17(5,6)12-16(3,4)13-18(7,8)15-19/h12-13H,7-11H2,1-6H3;11H,10H2,1-9H3. The maximum absolute atomic E-state index is 12.0. The average Bonchev–Trinajstić information content (AvgIpc) is 2.69. The van der Waals surface area contributed by atoms with Gasteiger partial charge >= 0.3 is 40.2 Å². The molecule has 6 nitrogen and oxygen atoms in total. The topological polar surface area (TPSA) is 63.2 Å². The van der Waals surface area contributed by atoms with E-state index in [9.17, 15) is 4.79 Å². The average molecular weight is 609 g/mol. The van der Waals surface area contributed by atoms with Crippen LogP contribution in [0.3, 0.4) is 0 Å². The summed E-state index contributed by atoms with van der Waals surface area (Å²) in [6.45, 7) is 32.6. The highest BCUT2D eigenvalue weighted by molar-refractivity contribution is 6.93. The Morgan fingerprint density at radius 1 is 0.838 bits per heavy atom. The third kappa shape index (κ3) is 11.4. The first-order valence-electron chi connectivity index (χ1n) is 14.5. The molecule has 0 aromatic carbocycles. The lowest BCUT2D eigenvalue weighted by Gasteiger charge is -2.49. The number of carbonyl (C=O) groups excluding carboxylic acids is 1. The van der Waals surface area contributed by atoms with Gasteiger partial charge in [0.05, 0.1) is 5.41 Å². The first-order valence-corrected chi connectivity index (χ1v) is 28.9. The van der Waals surface area contributed by atoms with Gasteiger partial charge in [0.2, 0.25) is 0 Å². The second-order valence-corrected chi connectivity index (χ2v) is 34.6. The molecule has 1 atom stereocenters. The fraction of sp³-hybridized carbons (Fsp3) is 0.962. The normalized spacial score (nSPS) is 28.1. The summed E-state index contributed by atoms with van der Waals surface area (Å²) in [5, 5.41) is 0. The van der Waals surface area contributed by atoms with Crippen molar-refractivity contribution in [3.05, 3.63) is 0 Å². The molecule has 2 rings (SSSR count). The van der Waals surface area contributed by atoms with Gasteiger partial charge in [0, 0.05) is 8.07 Å². The van der Waals surface area contributed by atoms with Gasteiger partial charge in [-0.05, 0) is 103 Å². The van der Waals surface area contributed by atoms with Crippen LogP contribution in [-0.4, -0.2) is 54.4 Å². The van der Waals surface area contributed by atoms with E-state index in [1.165, 1.54) is 12.8 Å². The second-order valence-electron chi connectivity index (χ2n) is 14.4. The van der Waals surface area contributed by atoms with Crippen LogP contribution in [0, 0.1) is 5.41 Å². The molecule has 0 bridgehead atoms. The molecule has 37 heavy (non-hydrogen) atoms. The predicted molar refractivity (Wildman–Crippen MR) is 168 cm³/mol. The van der Waals surface area contributed by atoms with E-state index >= 15 is 0 Å². The fourth-order valence-corrected chi connectivity index (χ4v) is 29.2. The molecule has 0 aromatic heterocycles. The molecule has 1 saturated carbocycles. The molecule has 11 heteroatoms. The molecule has 1 aliphatic heterocycles. The number of ether oxygens (including phenoxy) is 1. The van der Waals surface area contributed by atoms with Gasteiger partial charge in [-0.15, -0.1) is 0 Å². The van der Waals surface area contributed by atoms with E-state index in [2.05, 4.69) is 79.3 Å². The van der Waals surface area contributed by atoms with E-state index in [0.29, 0.717) is 5.54 Å². The molecule has 1 aliphatic carbocycles. The fourth-order valence-electron chi connectivity index (χ4n) is 5.32. The zero-order chi connectivity index (χ0) is 29.1. The molecule has 1 unspecified atom stereocenters. The second kappa shape index (κ2) is 12.9. The first kappa shape index (κ1) is 35.4. The molecule has 1 saturated heterocycles.